The molecule has 0 saturated carbocycles. The third kappa shape index (κ3) is 1.61. The summed E-state index contributed by atoms with van der Waals surface area (Å²) in [6, 6.07) is 1.60. The monoisotopic (exact) mass is 179 g/mol. The highest BCUT2D eigenvalue weighted by Crippen LogP contribution is 1.95. The molecule has 0 spiro atoms. The standard InChI is InChI=1S/C9H13N3O/c1-4-11-8(13)5-6-12(7(2)3)9(11)10/h4-7,10H,1H2,2-3H3. The van der Waals surface area contributed by atoms with E-state index in [1.165, 1.54) is 16.8 Å². The molecular formula is C9H13N3O. The summed E-state index contributed by atoms with van der Waals surface area (Å²) in [6.45, 7) is 7.39. The third-order valence-corrected chi connectivity index (χ3v) is 1.83. The first-order valence-electron chi connectivity index (χ1n) is 4.08. The number of nitrogens with zero attached hydrogens (tertiary/aromatic N) is 2. The largest absolute Gasteiger partial charge is 0.316 e. The van der Waals surface area contributed by atoms with Crippen molar-refractivity contribution in [2.45, 2.75) is 19.9 Å². The van der Waals surface area contributed by atoms with Crippen molar-refractivity contribution in [2.75, 3.05) is 0 Å². The van der Waals surface area contributed by atoms with E-state index in [1.807, 2.05) is 13.8 Å². The second kappa shape index (κ2) is 3.43. The zero-order valence-electron chi connectivity index (χ0n) is 7.82. The summed E-state index contributed by atoms with van der Waals surface area (Å²) in [7, 11) is 0. The fourth-order valence-corrected chi connectivity index (χ4v) is 1.12. The molecule has 0 aromatic carbocycles. The molecule has 70 valence electrons. The van der Waals surface area contributed by atoms with Gasteiger partial charge in [-0.15, -0.1) is 0 Å². The van der Waals surface area contributed by atoms with Crippen molar-refractivity contribution in [1.29, 1.82) is 5.41 Å². The van der Waals surface area contributed by atoms with Gasteiger partial charge in [0, 0.05) is 24.5 Å². The highest BCUT2D eigenvalue weighted by atomic mass is 16.1. The molecule has 0 radical (unpaired) electrons. The molecule has 1 heterocycles. The van der Waals surface area contributed by atoms with Crippen LogP contribution in [0.15, 0.2) is 23.6 Å². The highest BCUT2D eigenvalue weighted by Gasteiger charge is 2.01. The zero-order valence-corrected chi connectivity index (χ0v) is 7.82. The lowest BCUT2D eigenvalue weighted by atomic mass is 10.4. The Hall–Kier alpha value is -1.58. The van der Waals surface area contributed by atoms with Gasteiger partial charge in [-0.3, -0.25) is 14.8 Å². The van der Waals surface area contributed by atoms with E-state index in [0.717, 1.165) is 0 Å². The predicted molar refractivity (Wildman–Crippen MR) is 51.3 cm³/mol. The normalized spacial score (nSPS) is 10.4. The van der Waals surface area contributed by atoms with E-state index >= 15 is 0 Å². The number of aromatic nitrogens is 2. The summed E-state index contributed by atoms with van der Waals surface area (Å²) < 4.78 is 2.91. The van der Waals surface area contributed by atoms with Gasteiger partial charge < -0.3 is 4.57 Å². The molecule has 0 aliphatic heterocycles. The molecule has 1 aromatic rings. The summed E-state index contributed by atoms with van der Waals surface area (Å²) in [5.41, 5.74) is -0.0746. The smallest absolute Gasteiger partial charge is 0.258 e. The van der Waals surface area contributed by atoms with Crippen LogP contribution in [0.1, 0.15) is 19.9 Å². The van der Waals surface area contributed by atoms with Gasteiger partial charge in [-0.2, -0.15) is 0 Å². The fourth-order valence-electron chi connectivity index (χ4n) is 1.12. The van der Waals surface area contributed by atoms with Gasteiger partial charge in [0.15, 0.2) is 0 Å². The van der Waals surface area contributed by atoms with Crippen LogP contribution in [0, 0.1) is 5.41 Å². The molecule has 13 heavy (non-hydrogen) atoms. The Bertz CT molecular complexity index is 425. The summed E-state index contributed by atoms with van der Waals surface area (Å²) in [5, 5.41) is 7.67. The van der Waals surface area contributed by atoms with Crippen molar-refractivity contribution >= 4 is 6.20 Å². The zero-order chi connectivity index (χ0) is 10.0. The van der Waals surface area contributed by atoms with Gasteiger partial charge in [0.2, 0.25) is 5.62 Å². The van der Waals surface area contributed by atoms with Crippen LogP contribution >= 0.6 is 0 Å². The number of nitrogens with one attached hydrogen (secondary N) is 1. The highest BCUT2D eigenvalue weighted by molar-refractivity contribution is 5.14. The van der Waals surface area contributed by atoms with Crippen LogP contribution < -0.4 is 11.2 Å². The molecule has 1 rings (SSSR count). The Morgan fingerprint density at radius 2 is 2.23 bits per heavy atom. The van der Waals surface area contributed by atoms with Crippen LogP contribution in [0.3, 0.4) is 0 Å². The van der Waals surface area contributed by atoms with E-state index in [9.17, 15) is 4.79 Å². The Balaban J connectivity index is 3.55. The average molecular weight is 179 g/mol. The topological polar surface area (TPSA) is 50.8 Å². The van der Waals surface area contributed by atoms with Gasteiger partial charge in [-0.1, -0.05) is 6.58 Å². The van der Waals surface area contributed by atoms with Gasteiger partial charge >= 0.3 is 0 Å². The van der Waals surface area contributed by atoms with Crippen molar-refractivity contribution in [2.24, 2.45) is 0 Å². The summed E-state index contributed by atoms with van der Waals surface area (Å²) >= 11 is 0. The molecule has 4 heteroatoms. The molecule has 0 aliphatic rings. The van der Waals surface area contributed by atoms with E-state index in [2.05, 4.69) is 6.58 Å². The quantitative estimate of drug-likeness (QED) is 0.717. The van der Waals surface area contributed by atoms with Crippen LogP contribution in [0.2, 0.25) is 0 Å². The lowest BCUT2D eigenvalue weighted by Crippen LogP contribution is -2.36. The van der Waals surface area contributed by atoms with Gasteiger partial charge in [0.1, 0.15) is 0 Å². The number of hydrogen-bond donors (Lipinski definition) is 1. The minimum atomic E-state index is -0.225. The van der Waals surface area contributed by atoms with E-state index in [1.54, 1.807) is 10.8 Å². The SMILES string of the molecule is C=Cn1c(=O)ccn(C(C)C)c1=N. The maximum Gasteiger partial charge on any atom is 0.258 e. The second-order valence-electron chi connectivity index (χ2n) is 3.03. The molecule has 0 aliphatic carbocycles. The van der Waals surface area contributed by atoms with Gasteiger partial charge in [-0.05, 0) is 13.8 Å². The maximum atomic E-state index is 11.2. The van der Waals surface area contributed by atoms with Crippen LogP contribution in [-0.4, -0.2) is 9.13 Å². The van der Waals surface area contributed by atoms with E-state index < -0.39 is 0 Å². The van der Waals surface area contributed by atoms with Crippen LogP contribution in [-0.2, 0) is 0 Å². The van der Waals surface area contributed by atoms with Crippen molar-refractivity contribution in [3.05, 3.63) is 34.8 Å². The first-order chi connectivity index (χ1) is 6.07. The van der Waals surface area contributed by atoms with Gasteiger partial charge in [0.25, 0.3) is 5.56 Å². The number of rotatable bonds is 2. The summed E-state index contributed by atoms with van der Waals surface area (Å²) in [5.74, 6) is 0. The lowest BCUT2D eigenvalue weighted by Gasteiger charge is -2.11. The molecule has 0 fully saturated rings. The van der Waals surface area contributed by atoms with Crippen molar-refractivity contribution in [3.63, 3.8) is 0 Å². The van der Waals surface area contributed by atoms with Gasteiger partial charge in [-0.25, -0.2) is 0 Å². The van der Waals surface area contributed by atoms with Crippen molar-refractivity contribution in [1.82, 2.24) is 9.13 Å². The minimum Gasteiger partial charge on any atom is -0.316 e. The van der Waals surface area contributed by atoms with Gasteiger partial charge in [0.05, 0.1) is 0 Å². The molecule has 1 aromatic heterocycles. The Kier molecular flexibility index (Phi) is 2.51. The first-order valence-corrected chi connectivity index (χ1v) is 4.08. The molecular weight excluding hydrogens is 166 g/mol. The maximum absolute atomic E-state index is 11.2. The molecule has 1 N–H and O–H groups in total. The van der Waals surface area contributed by atoms with Crippen molar-refractivity contribution in [3.8, 4) is 0 Å². The van der Waals surface area contributed by atoms with E-state index in [0.29, 0.717) is 0 Å². The van der Waals surface area contributed by atoms with Crippen molar-refractivity contribution < 1.29 is 0 Å². The predicted octanol–water partition coefficient (Wildman–Crippen LogP) is 0.811. The molecule has 0 bridgehead atoms. The average Bonchev–Trinajstić information content (AvgIpc) is 2.04. The molecule has 0 unspecified atom stereocenters. The molecule has 0 atom stereocenters. The van der Waals surface area contributed by atoms with Crippen LogP contribution in [0.5, 0.6) is 0 Å². The third-order valence-electron chi connectivity index (χ3n) is 1.83. The van der Waals surface area contributed by atoms with Crippen LogP contribution in [0.4, 0.5) is 0 Å². The van der Waals surface area contributed by atoms with E-state index in [4.69, 9.17) is 5.41 Å². The summed E-state index contributed by atoms with van der Waals surface area (Å²) in [6.07, 6.45) is 2.97. The van der Waals surface area contributed by atoms with E-state index in [-0.39, 0.29) is 17.2 Å². The Labute approximate surface area is 76.3 Å². The second-order valence-corrected chi connectivity index (χ2v) is 3.03. The van der Waals surface area contributed by atoms with Crippen LogP contribution in [0.25, 0.3) is 6.20 Å². The number of hydrogen-bond acceptors (Lipinski definition) is 2. The first kappa shape index (κ1) is 9.51. The molecule has 0 amide bonds. The lowest BCUT2D eigenvalue weighted by molar-refractivity contribution is 0.533. The Morgan fingerprint density at radius 3 is 2.69 bits per heavy atom. The Morgan fingerprint density at radius 1 is 1.62 bits per heavy atom. The summed E-state index contributed by atoms with van der Waals surface area (Å²) in [4.78, 5) is 11.2. The minimum absolute atomic E-state index is 0.150. The molecule has 0 saturated heterocycles. The fraction of sp³-hybridized carbons (Fsp3) is 0.333. The molecule has 4 nitrogen and oxygen atoms in total.